The third kappa shape index (κ3) is 3.77. The number of carbonyl (C=O) groups excluding carboxylic acids is 2. The maximum absolute atomic E-state index is 13.4. The summed E-state index contributed by atoms with van der Waals surface area (Å²) >= 11 is 5.70. The van der Waals surface area contributed by atoms with Crippen LogP contribution in [0, 0.1) is 0 Å². The normalized spacial score (nSPS) is 16.8. The van der Waals surface area contributed by atoms with E-state index in [-0.39, 0.29) is 23.7 Å². The Morgan fingerprint density at radius 2 is 2.07 bits per heavy atom. The molecule has 1 saturated heterocycles. The largest absolute Gasteiger partial charge is 0.497 e. The third-order valence-corrected chi connectivity index (χ3v) is 5.77. The highest BCUT2D eigenvalue weighted by Crippen LogP contribution is 2.25. The minimum Gasteiger partial charge on any atom is -0.497 e. The van der Waals surface area contributed by atoms with Gasteiger partial charge in [0.25, 0.3) is 5.91 Å². The molecule has 2 aromatic heterocycles. The van der Waals surface area contributed by atoms with Gasteiger partial charge in [-0.05, 0) is 36.8 Å². The zero-order valence-electron chi connectivity index (χ0n) is 17.0. The second kappa shape index (κ2) is 8.44. The Balaban J connectivity index is 1.61. The van der Waals surface area contributed by atoms with Crippen molar-refractivity contribution < 1.29 is 18.7 Å². The fourth-order valence-electron chi connectivity index (χ4n) is 4.01. The summed E-state index contributed by atoms with van der Waals surface area (Å²) in [5.74, 6) is 0.541. The molecule has 0 N–H and O–H groups in total. The van der Waals surface area contributed by atoms with E-state index in [0.29, 0.717) is 37.6 Å². The van der Waals surface area contributed by atoms with Crippen LogP contribution in [0.5, 0.6) is 5.75 Å². The molecular weight excluding hydrogens is 406 g/mol. The lowest BCUT2D eigenvalue weighted by Crippen LogP contribution is -2.56. The first-order valence-electron chi connectivity index (χ1n) is 9.86. The number of hydrogen-bond donors (Lipinski definition) is 0. The molecule has 2 amide bonds. The summed E-state index contributed by atoms with van der Waals surface area (Å²) in [5.41, 5.74) is 2.23. The van der Waals surface area contributed by atoms with Gasteiger partial charge in [0.05, 0.1) is 19.9 Å². The first-order chi connectivity index (χ1) is 14.5. The molecule has 7 nitrogen and oxygen atoms in total. The van der Waals surface area contributed by atoms with Gasteiger partial charge in [0.2, 0.25) is 11.6 Å². The van der Waals surface area contributed by atoms with Crippen molar-refractivity contribution in [3.8, 4) is 5.75 Å². The number of aromatic nitrogens is 1. The summed E-state index contributed by atoms with van der Waals surface area (Å²) in [7, 11) is 1.63. The standard InChI is InChI=1S/C22H24ClN3O4/c1-15-13-24(7-8-25(15)20(27)12-23)21(28)19-11-17-6-9-30-22(17)26(19)14-16-4-3-5-18(10-16)29-2/h3-6,9-11,15H,7-8,12-14H2,1-2H3. The van der Waals surface area contributed by atoms with E-state index in [1.165, 1.54) is 0 Å². The molecule has 30 heavy (non-hydrogen) atoms. The van der Waals surface area contributed by atoms with E-state index in [4.69, 9.17) is 20.8 Å². The molecule has 3 aromatic rings. The van der Waals surface area contributed by atoms with Crippen LogP contribution < -0.4 is 4.74 Å². The Kier molecular flexibility index (Phi) is 5.72. The molecule has 1 aliphatic heterocycles. The first-order valence-corrected chi connectivity index (χ1v) is 10.4. The topological polar surface area (TPSA) is 67.9 Å². The van der Waals surface area contributed by atoms with Crippen LogP contribution in [0.15, 0.2) is 47.1 Å². The second-order valence-electron chi connectivity index (χ2n) is 7.47. The Morgan fingerprint density at radius 3 is 2.80 bits per heavy atom. The number of hydrogen-bond acceptors (Lipinski definition) is 4. The lowest BCUT2D eigenvalue weighted by atomic mass is 10.1. The quantitative estimate of drug-likeness (QED) is 0.584. The lowest BCUT2D eigenvalue weighted by Gasteiger charge is -2.39. The van der Waals surface area contributed by atoms with Crippen molar-refractivity contribution >= 4 is 34.5 Å². The summed E-state index contributed by atoms with van der Waals surface area (Å²) in [4.78, 5) is 28.9. The number of rotatable bonds is 5. The number of benzene rings is 1. The molecule has 4 rings (SSSR count). The van der Waals surface area contributed by atoms with Crippen LogP contribution in [0.4, 0.5) is 0 Å². The number of fused-ring (bicyclic) bond motifs is 1. The van der Waals surface area contributed by atoms with Gasteiger partial charge in [0.1, 0.15) is 17.3 Å². The first kappa shape index (κ1) is 20.3. The van der Waals surface area contributed by atoms with Crippen molar-refractivity contribution in [2.75, 3.05) is 32.6 Å². The summed E-state index contributed by atoms with van der Waals surface area (Å²) in [6.45, 7) is 3.83. The van der Waals surface area contributed by atoms with Gasteiger partial charge in [-0.2, -0.15) is 0 Å². The number of alkyl halides is 1. The van der Waals surface area contributed by atoms with Crippen LogP contribution in [-0.4, -0.2) is 64.8 Å². The zero-order chi connectivity index (χ0) is 21.3. The number of nitrogens with zero attached hydrogens (tertiary/aromatic N) is 3. The Labute approximate surface area is 179 Å². The summed E-state index contributed by atoms with van der Waals surface area (Å²) in [6, 6.07) is 11.4. The molecule has 158 valence electrons. The summed E-state index contributed by atoms with van der Waals surface area (Å²) in [6.07, 6.45) is 1.62. The molecular formula is C22H24ClN3O4. The molecule has 1 aromatic carbocycles. The second-order valence-corrected chi connectivity index (χ2v) is 7.74. The predicted molar refractivity (Wildman–Crippen MR) is 114 cm³/mol. The number of furan rings is 1. The van der Waals surface area contributed by atoms with Crippen molar-refractivity contribution in [2.24, 2.45) is 0 Å². The van der Waals surface area contributed by atoms with Gasteiger partial charge in [0, 0.05) is 31.1 Å². The Hall–Kier alpha value is -2.93. The minimum atomic E-state index is -0.102. The molecule has 8 heteroatoms. The van der Waals surface area contributed by atoms with Crippen molar-refractivity contribution in [1.82, 2.24) is 14.4 Å². The van der Waals surface area contributed by atoms with Crippen molar-refractivity contribution in [2.45, 2.75) is 19.5 Å². The number of halogens is 1. The molecule has 1 unspecified atom stereocenters. The Morgan fingerprint density at radius 1 is 1.23 bits per heavy atom. The van der Waals surface area contributed by atoms with Gasteiger partial charge in [-0.3, -0.25) is 9.59 Å². The zero-order valence-corrected chi connectivity index (χ0v) is 17.8. The highest BCUT2D eigenvalue weighted by Gasteiger charge is 2.31. The third-order valence-electron chi connectivity index (χ3n) is 5.55. The fraction of sp³-hybridized carbons (Fsp3) is 0.364. The smallest absolute Gasteiger partial charge is 0.270 e. The predicted octanol–water partition coefficient (Wildman–Crippen LogP) is 3.20. The van der Waals surface area contributed by atoms with Crippen LogP contribution in [0.25, 0.3) is 11.1 Å². The van der Waals surface area contributed by atoms with Crippen LogP contribution in [0.1, 0.15) is 23.0 Å². The van der Waals surface area contributed by atoms with E-state index in [1.54, 1.807) is 23.2 Å². The average Bonchev–Trinajstić information content (AvgIpc) is 3.35. The van der Waals surface area contributed by atoms with E-state index in [9.17, 15) is 9.59 Å². The number of methoxy groups -OCH3 is 1. The van der Waals surface area contributed by atoms with E-state index in [1.807, 2.05) is 47.9 Å². The van der Waals surface area contributed by atoms with Gasteiger partial charge < -0.3 is 23.5 Å². The van der Waals surface area contributed by atoms with Crippen LogP contribution in [0.2, 0.25) is 0 Å². The molecule has 0 bridgehead atoms. The van der Waals surface area contributed by atoms with Gasteiger partial charge in [0.15, 0.2) is 0 Å². The maximum atomic E-state index is 13.4. The molecule has 0 saturated carbocycles. The molecule has 0 spiro atoms. The van der Waals surface area contributed by atoms with E-state index in [0.717, 1.165) is 16.7 Å². The minimum absolute atomic E-state index is 0.0436. The van der Waals surface area contributed by atoms with Gasteiger partial charge in [-0.15, -0.1) is 11.6 Å². The van der Waals surface area contributed by atoms with E-state index >= 15 is 0 Å². The lowest BCUT2D eigenvalue weighted by molar-refractivity contribution is -0.132. The molecule has 1 fully saturated rings. The summed E-state index contributed by atoms with van der Waals surface area (Å²) < 4.78 is 12.9. The van der Waals surface area contributed by atoms with Crippen molar-refractivity contribution in [3.05, 3.63) is 53.9 Å². The van der Waals surface area contributed by atoms with Crippen molar-refractivity contribution in [1.29, 1.82) is 0 Å². The van der Waals surface area contributed by atoms with Gasteiger partial charge >= 0.3 is 0 Å². The number of amides is 2. The van der Waals surface area contributed by atoms with Crippen LogP contribution >= 0.6 is 11.6 Å². The van der Waals surface area contributed by atoms with Crippen LogP contribution in [0.3, 0.4) is 0 Å². The SMILES string of the molecule is COc1cccc(Cn2c(C(=O)N3CCN(C(=O)CCl)C(C)C3)cc3ccoc32)c1. The van der Waals surface area contributed by atoms with E-state index < -0.39 is 0 Å². The van der Waals surface area contributed by atoms with Crippen molar-refractivity contribution in [3.63, 3.8) is 0 Å². The number of piperazine rings is 1. The molecule has 0 aliphatic carbocycles. The molecule has 1 atom stereocenters. The fourth-order valence-corrected chi connectivity index (χ4v) is 4.17. The van der Waals surface area contributed by atoms with E-state index in [2.05, 4.69) is 0 Å². The highest BCUT2D eigenvalue weighted by molar-refractivity contribution is 6.27. The van der Waals surface area contributed by atoms with Gasteiger partial charge in [-0.25, -0.2) is 0 Å². The maximum Gasteiger partial charge on any atom is 0.270 e. The number of ether oxygens (including phenoxy) is 1. The highest BCUT2D eigenvalue weighted by atomic mass is 35.5. The molecule has 3 heterocycles. The van der Waals surface area contributed by atoms with Gasteiger partial charge in [-0.1, -0.05) is 12.1 Å². The molecule has 0 radical (unpaired) electrons. The Bertz CT molecular complexity index is 1070. The number of carbonyl (C=O) groups is 2. The van der Waals surface area contributed by atoms with Crippen LogP contribution in [-0.2, 0) is 11.3 Å². The summed E-state index contributed by atoms with van der Waals surface area (Å²) in [5, 5.41) is 0.880. The monoisotopic (exact) mass is 429 g/mol. The average molecular weight is 430 g/mol. The molecule has 1 aliphatic rings.